The zero-order chi connectivity index (χ0) is 12.7. The summed E-state index contributed by atoms with van der Waals surface area (Å²) in [5, 5.41) is 8.13. The van der Waals surface area contributed by atoms with Crippen molar-refractivity contribution in [1.82, 2.24) is 4.90 Å². The van der Waals surface area contributed by atoms with Crippen molar-refractivity contribution in [3.63, 3.8) is 0 Å². The molecule has 92 valence electrons. The fourth-order valence-electron chi connectivity index (χ4n) is 1.06. The first-order valence-electron chi connectivity index (χ1n) is 5.15. The Balaban J connectivity index is 4.12. The van der Waals surface area contributed by atoms with Crippen molar-refractivity contribution in [3.8, 4) is 0 Å². The molecule has 0 saturated heterocycles. The van der Waals surface area contributed by atoms with E-state index in [0.717, 1.165) is 17.3 Å². The van der Waals surface area contributed by atoms with Crippen LogP contribution in [0.3, 0.4) is 0 Å². The number of carboxylic acids is 1. The Morgan fingerprint density at radius 2 is 2.06 bits per heavy atom. The first kappa shape index (κ1) is 15.0. The van der Waals surface area contributed by atoms with Crippen LogP contribution in [-0.2, 0) is 9.59 Å². The number of likely N-dealkylation sites (N-methyl/N-ethyl adjacent to an activating group) is 1. The minimum atomic E-state index is -0.888. The monoisotopic (exact) mass is 245 g/mol. The zero-order valence-corrected chi connectivity index (χ0v) is 10.8. The molecule has 0 heterocycles. The Kier molecular flexibility index (Phi) is 6.88. The Hall–Kier alpha value is -0.970. The van der Waals surface area contributed by atoms with Gasteiger partial charge in [-0.1, -0.05) is 12.2 Å². The van der Waals surface area contributed by atoms with Gasteiger partial charge in [0.25, 0.3) is 0 Å². The molecule has 4 nitrogen and oxygen atoms in total. The van der Waals surface area contributed by atoms with Crippen LogP contribution in [0.1, 0.15) is 20.8 Å². The molecule has 1 amide bonds. The van der Waals surface area contributed by atoms with Gasteiger partial charge in [0.1, 0.15) is 0 Å². The van der Waals surface area contributed by atoms with Crippen LogP contribution in [0.25, 0.3) is 0 Å². The Labute approximate surface area is 101 Å². The molecule has 0 aromatic carbocycles. The van der Waals surface area contributed by atoms with E-state index in [9.17, 15) is 9.59 Å². The normalized spacial score (nSPS) is 11.9. The second-order valence-electron chi connectivity index (χ2n) is 3.66. The summed E-state index contributed by atoms with van der Waals surface area (Å²) in [6.07, 6.45) is 0. The standard InChI is InChI=1S/C11H19NO3S/c1-5-12(6-8(2)3)10(13)7-16-9(4)11(14)15/h9H,2,5-7H2,1,3-4H3,(H,14,15). The van der Waals surface area contributed by atoms with E-state index in [1.807, 2.05) is 13.8 Å². The maximum absolute atomic E-state index is 11.7. The largest absolute Gasteiger partial charge is 0.480 e. The molecule has 0 bridgehead atoms. The number of aliphatic carboxylic acids is 1. The summed E-state index contributed by atoms with van der Waals surface area (Å²) >= 11 is 1.14. The van der Waals surface area contributed by atoms with E-state index >= 15 is 0 Å². The second-order valence-corrected chi connectivity index (χ2v) is 4.99. The third kappa shape index (κ3) is 5.80. The number of amides is 1. The maximum atomic E-state index is 11.7. The molecule has 0 saturated carbocycles. The Morgan fingerprint density at radius 3 is 2.44 bits per heavy atom. The summed E-state index contributed by atoms with van der Waals surface area (Å²) in [6.45, 7) is 10.2. The lowest BCUT2D eigenvalue weighted by Gasteiger charge is -2.21. The Bertz CT molecular complexity index is 278. The fourth-order valence-corrected chi connectivity index (χ4v) is 1.78. The van der Waals surface area contributed by atoms with Crippen molar-refractivity contribution < 1.29 is 14.7 Å². The van der Waals surface area contributed by atoms with Crippen molar-refractivity contribution in [2.24, 2.45) is 0 Å². The average Bonchev–Trinajstić information content (AvgIpc) is 2.21. The lowest BCUT2D eigenvalue weighted by molar-refractivity contribution is -0.136. The number of hydrogen-bond donors (Lipinski definition) is 1. The fraction of sp³-hybridized carbons (Fsp3) is 0.636. The SMILES string of the molecule is C=C(C)CN(CC)C(=O)CSC(C)C(=O)O. The van der Waals surface area contributed by atoms with Crippen LogP contribution in [0.4, 0.5) is 0 Å². The molecule has 0 aliphatic carbocycles. The third-order valence-corrected chi connectivity index (χ3v) is 3.12. The van der Waals surface area contributed by atoms with Gasteiger partial charge in [0.15, 0.2) is 0 Å². The number of rotatable bonds is 7. The molecule has 0 aromatic rings. The molecule has 0 spiro atoms. The van der Waals surface area contributed by atoms with Crippen LogP contribution in [0, 0.1) is 0 Å². The highest BCUT2D eigenvalue weighted by molar-refractivity contribution is 8.01. The number of nitrogens with zero attached hydrogens (tertiary/aromatic N) is 1. The quantitative estimate of drug-likeness (QED) is 0.692. The van der Waals surface area contributed by atoms with Crippen LogP contribution in [-0.4, -0.2) is 46.0 Å². The second kappa shape index (κ2) is 7.33. The van der Waals surface area contributed by atoms with E-state index in [2.05, 4.69) is 6.58 Å². The van der Waals surface area contributed by atoms with Crippen LogP contribution < -0.4 is 0 Å². The van der Waals surface area contributed by atoms with Crippen molar-refractivity contribution in [2.75, 3.05) is 18.8 Å². The van der Waals surface area contributed by atoms with Crippen LogP contribution in [0.5, 0.6) is 0 Å². The van der Waals surface area contributed by atoms with Crippen LogP contribution in [0.2, 0.25) is 0 Å². The summed E-state index contributed by atoms with van der Waals surface area (Å²) < 4.78 is 0. The van der Waals surface area contributed by atoms with Gasteiger partial charge in [0, 0.05) is 13.1 Å². The minimum Gasteiger partial charge on any atom is -0.480 e. The van der Waals surface area contributed by atoms with Gasteiger partial charge >= 0.3 is 5.97 Å². The molecule has 0 aliphatic heterocycles. The first-order valence-corrected chi connectivity index (χ1v) is 6.19. The summed E-state index contributed by atoms with van der Waals surface area (Å²) in [5.74, 6) is -0.724. The summed E-state index contributed by atoms with van der Waals surface area (Å²) in [6, 6.07) is 0. The highest BCUT2D eigenvalue weighted by atomic mass is 32.2. The Morgan fingerprint density at radius 1 is 1.50 bits per heavy atom. The molecule has 0 fully saturated rings. The smallest absolute Gasteiger partial charge is 0.316 e. The van der Waals surface area contributed by atoms with Crippen molar-refractivity contribution in [3.05, 3.63) is 12.2 Å². The molecule has 5 heteroatoms. The van der Waals surface area contributed by atoms with Gasteiger partial charge in [-0.2, -0.15) is 0 Å². The van der Waals surface area contributed by atoms with Gasteiger partial charge in [-0.05, 0) is 20.8 Å². The molecular formula is C11H19NO3S. The molecule has 1 N–H and O–H groups in total. The summed E-state index contributed by atoms with van der Waals surface area (Å²) in [5.41, 5.74) is 0.923. The molecule has 16 heavy (non-hydrogen) atoms. The van der Waals surface area contributed by atoms with E-state index in [1.165, 1.54) is 0 Å². The number of thioether (sulfide) groups is 1. The highest BCUT2D eigenvalue weighted by Gasteiger charge is 2.16. The van der Waals surface area contributed by atoms with Gasteiger partial charge in [0.2, 0.25) is 5.91 Å². The van der Waals surface area contributed by atoms with Crippen LogP contribution >= 0.6 is 11.8 Å². The number of carbonyl (C=O) groups is 2. The van der Waals surface area contributed by atoms with Crippen molar-refractivity contribution >= 4 is 23.6 Å². The number of carbonyl (C=O) groups excluding carboxylic acids is 1. The number of carboxylic acid groups (broad SMARTS) is 1. The molecule has 0 aliphatic rings. The van der Waals surface area contributed by atoms with E-state index in [1.54, 1.807) is 11.8 Å². The third-order valence-electron chi connectivity index (χ3n) is 2.00. The molecule has 1 unspecified atom stereocenters. The molecular weight excluding hydrogens is 226 g/mol. The van der Waals surface area contributed by atoms with E-state index in [4.69, 9.17) is 5.11 Å². The van der Waals surface area contributed by atoms with Gasteiger partial charge in [-0.3, -0.25) is 9.59 Å². The maximum Gasteiger partial charge on any atom is 0.316 e. The molecule has 0 radical (unpaired) electrons. The number of hydrogen-bond acceptors (Lipinski definition) is 3. The summed E-state index contributed by atoms with van der Waals surface area (Å²) in [7, 11) is 0. The van der Waals surface area contributed by atoms with E-state index in [-0.39, 0.29) is 11.7 Å². The summed E-state index contributed by atoms with van der Waals surface area (Å²) in [4.78, 5) is 23.9. The van der Waals surface area contributed by atoms with Gasteiger partial charge in [-0.25, -0.2) is 0 Å². The van der Waals surface area contributed by atoms with Gasteiger partial charge in [-0.15, -0.1) is 11.8 Å². The van der Waals surface area contributed by atoms with E-state index in [0.29, 0.717) is 13.1 Å². The molecule has 1 atom stereocenters. The van der Waals surface area contributed by atoms with Crippen LogP contribution in [0.15, 0.2) is 12.2 Å². The zero-order valence-electron chi connectivity index (χ0n) is 10.0. The predicted octanol–water partition coefficient (Wildman–Crippen LogP) is 1.62. The molecule has 0 aromatic heterocycles. The van der Waals surface area contributed by atoms with E-state index < -0.39 is 11.2 Å². The lowest BCUT2D eigenvalue weighted by Crippen LogP contribution is -2.34. The average molecular weight is 245 g/mol. The topological polar surface area (TPSA) is 57.6 Å². The highest BCUT2D eigenvalue weighted by Crippen LogP contribution is 2.11. The minimum absolute atomic E-state index is 0.0383. The van der Waals surface area contributed by atoms with Crippen molar-refractivity contribution in [2.45, 2.75) is 26.0 Å². The van der Waals surface area contributed by atoms with Crippen molar-refractivity contribution in [1.29, 1.82) is 0 Å². The predicted molar refractivity (Wildman–Crippen MR) is 66.6 cm³/mol. The van der Waals surface area contributed by atoms with Gasteiger partial charge in [0.05, 0.1) is 11.0 Å². The van der Waals surface area contributed by atoms with Gasteiger partial charge < -0.3 is 10.0 Å². The first-order chi connectivity index (χ1) is 7.38. The lowest BCUT2D eigenvalue weighted by atomic mass is 10.3. The molecule has 0 rings (SSSR count).